The van der Waals surface area contributed by atoms with Crippen LogP contribution in [0.15, 0.2) is 36.0 Å². The topological polar surface area (TPSA) is 0 Å². The molecule has 0 aromatic rings. The lowest BCUT2D eigenvalue weighted by Crippen LogP contribution is -2.00. The standard InChI is InChI=1S/C15H25/c1-7-14(6)9-11-15(13(4)5)10-8-12(2)3/h9,15H,1-2,4,7-8,10-11H2,3,5-6H3/b14-9+/t15-/m1/s1. The second-order valence-corrected chi connectivity index (χ2v) is 4.58. The van der Waals surface area contributed by atoms with Gasteiger partial charge in [0.2, 0.25) is 0 Å². The molecule has 85 valence electrons. The third-order valence-electron chi connectivity index (χ3n) is 2.76. The summed E-state index contributed by atoms with van der Waals surface area (Å²) in [5.74, 6) is 0.600. The van der Waals surface area contributed by atoms with E-state index in [1.807, 2.05) is 0 Å². The minimum atomic E-state index is 0.600. The van der Waals surface area contributed by atoms with Gasteiger partial charge in [0.05, 0.1) is 0 Å². The number of hydrogen-bond acceptors (Lipinski definition) is 0. The van der Waals surface area contributed by atoms with Crippen molar-refractivity contribution in [3.8, 4) is 0 Å². The van der Waals surface area contributed by atoms with Crippen molar-refractivity contribution in [2.75, 3.05) is 0 Å². The largest absolute Gasteiger partial charge is 0.100 e. The maximum atomic E-state index is 4.06. The summed E-state index contributed by atoms with van der Waals surface area (Å²) in [6, 6.07) is 0. The van der Waals surface area contributed by atoms with Crippen LogP contribution in [0.3, 0.4) is 0 Å². The molecule has 0 fully saturated rings. The predicted octanol–water partition coefficient (Wildman–Crippen LogP) is 5.10. The van der Waals surface area contributed by atoms with Crippen molar-refractivity contribution in [3.05, 3.63) is 42.9 Å². The molecule has 15 heavy (non-hydrogen) atoms. The van der Waals surface area contributed by atoms with E-state index < -0.39 is 0 Å². The smallest absolute Gasteiger partial charge is 0.0171 e. The maximum absolute atomic E-state index is 4.06. The monoisotopic (exact) mass is 205 g/mol. The van der Waals surface area contributed by atoms with E-state index in [2.05, 4.69) is 46.9 Å². The van der Waals surface area contributed by atoms with E-state index in [1.165, 1.54) is 23.1 Å². The average Bonchev–Trinajstić information content (AvgIpc) is 2.16. The molecule has 0 aliphatic rings. The number of rotatable bonds is 7. The lowest BCUT2D eigenvalue weighted by molar-refractivity contribution is 0.566. The van der Waals surface area contributed by atoms with E-state index in [0.717, 1.165) is 19.3 Å². The van der Waals surface area contributed by atoms with Crippen LogP contribution in [0.5, 0.6) is 0 Å². The first-order valence-corrected chi connectivity index (χ1v) is 5.72. The first kappa shape index (κ1) is 14.2. The molecule has 0 saturated heterocycles. The van der Waals surface area contributed by atoms with Gasteiger partial charge in [-0.15, -0.1) is 6.58 Å². The van der Waals surface area contributed by atoms with Crippen LogP contribution in [0.2, 0.25) is 0 Å². The predicted molar refractivity (Wildman–Crippen MR) is 70.7 cm³/mol. The Balaban J connectivity index is 4.17. The van der Waals surface area contributed by atoms with Crippen LogP contribution in [0.4, 0.5) is 0 Å². The summed E-state index contributed by atoms with van der Waals surface area (Å²) in [6.07, 6.45) is 6.58. The van der Waals surface area contributed by atoms with E-state index in [0.29, 0.717) is 5.92 Å². The molecule has 0 bridgehead atoms. The Morgan fingerprint density at radius 3 is 2.20 bits per heavy atom. The van der Waals surface area contributed by atoms with Gasteiger partial charge in [-0.25, -0.2) is 0 Å². The Morgan fingerprint density at radius 2 is 1.80 bits per heavy atom. The summed E-state index contributed by atoms with van der Waals surface area (Å²) in [7, 11) is 0. The van der Waals surface area contributed by atoms with Crippen LogP contribution in [-0.2, 0) is 0 Å². The highest BCUT2D eigenvalue weighted by atomic mass is 14.1. The average molecular weight is 205 g/mol. The molecule has 1 atom stereocenters. The van der Waals surface area contributed by atoms with Crippen LogP contribution in [0, 0.1) is 12.8 Å². The molecule has 0 heteroatoms. The fourth-order valence-electron chi connectivity index (χ4n) is 1.43. The summed E-state index contributed by atoms with van der Waals surface area (Å²) in [5, 5.41) is 0. The molecule has 0 nitrogen and oxygen atoms in total. The quantitative estimate of drug-likeness (QED) is 0.507. The molecule has 0 aromatic carbocycles. The summed E-state index contributed by atoms with van der Waals surface area (Å²) in [5.41, 5.74) is 3.92. The molecule has 0 aliphatic heterocycles. The Kier molecular flexibility index (Phi) is 7.11. The minimum Gasteiger partial charge on any atom is -0.100 e. The van der Waals surface area contributed by atoms with Crippen molar-refractivity contribution in [1.82, 2.24) is 0 Å². The molecule has 0 rings (SSSR count). The van der Waals surface area contributed by atoms with Gasteiger partial charge in [0.1, 0.15) is 0 Å². The second kappa shape index (κ2) is 7.50. The van der Waals surface area contributed by atoms with Crippen molar-refractivity contribution in [2.45, 2.75) is 46.5 Å². The van der Waals surface area contributed by atoms with Crippen molar-refractivity contribution in [3.63, 3.8) is 0 Å². The van der Waals surface area contributed by atoms with Gasteiger partial charge in [0.25, 0.3) is 0 Å². The van der Waals surface area contributed by atoms with E-state index in [9.17, 15) is 0 Å². The van der Waals surface area contributed by atoms with Gasteiger partial charge in [-0.2, -0.15) is 0 Å². The molecule has 0 heterocycles. The molecule has 0 N–H and O–H groups in total. The fraction of sp³-hybridized carbons (Fsp3) is 0.533. The Morgan fingerprint density at radius 1 is 1.20 bits per heavy atom. The van der Waals surface area contributed by atoms with Gasteiger partial charge in [0.15, 0.2) is 0 Å². The first-order valence-electron chi connectivity index (χ1n) is 5.72. The zero-order valence-corrected chi connectivity index (χ0v) is 10.6. The third kappa shape index (κ3) is 7.18. The van der Waals surface area contributed by atoms with E-state index in [4.69, 9.17) is 0 Å². The van der Waals surface area contributed by atoms with Crippen LogP contribution in [-0.4, -0.2) is 0 Å². The summed E-state index contributed by atoms with van der Waals surface area (Å²) in [4.78, 5) is 0. The van der Waals surface area contributed by atoms with Crippen molar-refractivity contribution in [1.29, 1.82) is 0 Å². The van der Waals surface area contributed by atoms with Gasteiger partial charge in [-0.3, -0.25) is 0 Å². The van der Waals surface area contributed by atoms with Gasteiger partial charge in [-0.1, -0.05) is 29.4 Å². The lowest BCUT2D eigenvalue weighted by atomic mass is 9.90. The van der Waals surface area contributed by atoms with E-state index >= 15 is 0 Å². The summed E-state index contributed by atoms with van der Waals surface area (Å²) >= 11 is 0. The van der Waals surface area contributed by atoms with E-state index in [1.54, 1.807) is 0 Å². The highest BCUT2D eigenvalue weighted by Crippen LogP contribution is 2.22. The molecule has 0 aliphatic carbocycles. The minimum absolute atomic E-state index is 0.600. The molecule has 0 amide bonds. The molecule has 0 unspecified atom stereocenters. The van der Waals surface area contributed by atoms with Crippen LogP contribution >= 0.6 is 0 Å². The normalized spacial score (nSPS) is 13.7. The van der Waals surface area contributed by atoms with Crippen molar-refractivity contribution < 1.29 is 0 Å². The molecule has 0 aromatic heterocycles. The molecular weight excluding hydrogens is 180 g/mol. The van der Waals surface area contributed by atoms with Crippen LogP contribution < -0.4 is 0 Å². The second-order valence-electron chi connectivity index (χ2n) is 4.58. The number of hydrogen-bond donors (Lipinski definition) is 0. The van der Waals surface area contributed by atoms with Crippen LogP contribution in [0.1, 0.15) is 46.5 Å². The zero-order chi connectivity index (χ0) is 11.8. The fourth-order valence-corrected chi connectivity index (χ4v) is 1.43. The molecule has 0 spiro atoms. The van der Waals surface area contributed by atoms with Gasteiger partial charge in [0, 0.05) is 0 Å². The number of allylic oxidation sites excluding steroid dienone is 4. The van der Waals surface area contributed by atoms with Crippen molar-refractivity contribution in [2.24, 2.45) is 5.92 Å². The highest BCUT2D eigenvalue weighted by Gasteiger charge is 2.07. The van der Waals surface area contributed by atoms with Gasteiger partial charge >= 0.3 is 0 Å². The Hall–Kier alpha value is -0.780. The summed E-state index contributed by atoms with van der Waals surface area (Å²) < 4.78 is 0. The Bertz CT molecular complexity index is 243. The van der Waals surface area contributed by atoms with Gasteiger partial charge < -0.3 is 0 Å². The molecular formula is C15H25. The Labute approximate surface area is 95.8 Å². The molecule has 1 radical (unpaired) electrons. The first-order chi connectivity index (χ1) is 6.97. The molecule has 0 saturated carbocycles. The third-order valence-corrected chi connectivity index (χ3v) is 2.76. The summed E-state index contributed by atoms with van der Waals surface area (Å²) in [6.45, 7) is 18.2. The van der Waals surface area contributed by atoms with E-state index in [-0.39, 0.29) is 0 Å². The lowest BCUT2D eigenvalue weighted by Gasteiger charge is -2.15. The van der Waals surface area contributed by atoms with Gasteiger partial charge in [-0.05, 0) is 59.3 Å². The zero-order valence-electron chi connectivity index (χ0n) is 10.6. The SMILES string of the molecule is [CH2]C/C(C)=C/C[C@@H](CCC(=C)C)C(=C)C. The van der Waals surface area contributed by atoms with Crippen LogP contribution in [0.25, 0.3) is 0 Å². The van der Waals surface area contributed by atoms with Crippen molar-refractivity contribution >= 4 is 0 Å². The maximum Gasteiger partial charge on any atom is -0.0171 e. The highest BCUT2D eigenvalue weighted by molar-refractivity contribution is 5.06.